The van der Waals surface area contributed by atoms with E-state index in [2.05, 4.69) is 32.2 Å². The first-order valence-corrected chi connectivity index (χ1v) is 7.18. The smallest absolute Gasteiger partial charge is 0.0369 e. The molecule has 0 nitrogen and oxygen atoms in total. The van der Waals surface area contributed by atoms with Crippen molar-refractivity contribution < 1.29 is 0 Å². The molecule has 0 aromatic carbocycles. The highest BCUT2D eigenvalue weighted by Crippen LogP contribution is 2.30. The predicted octanol–water partition coefficient (Wildman–Crippen LogP) is 2.47. The third-order valence-corrected chi connectivity index (χ3v) is 6.43. The molecular formula is C5H14S4. The van der Waals surface area contributed by atoms with Gasteiger partial charge < -0.3 is 0 Å². The second-order valence-electron chi connectivity index (χ2n) is 1.59. The topological polar surface area (TPSA) is 0 Å². The zero-order valence-electron chi connectivity index (χ0n) is 5.58. The average molecular weight is 202 g/mol. The first-order chi connectivity index (χ1) is 4.35. The Morgan fingerprint density at radius 3 is 2.44 bits per heavy atom. The van der Waals surface area contributed by atoms with E-state index in [0.29, 0.717) is 0 Å². The maximum absolute atomic E-state index is 4.26. The van der Waals surface area contributed by atoms with Crippen LogP contribution in [0.1, 0.15) is 6.92 Å². The summed E-state index contributed by atoms with van der Waals surface area (Å²) >= 11 is 10.3. The summed E-state index contributed by atoms with van der Waals surface area (Å²) in [7, 11) is 0.216. The summed E-state index contributed by atoms with van der Waals surface area (Å²) in [5.74, 6) is 1.31. The molecule has 0 amide bonds. The molecule has 0 bridgehead atoms. The van der Waals surface area contributed by atoms with E-state index in [1.165, 1.54) is 10.8 Å². The molecule has 0 spiro atoms. The molecule has 0 saturated carbocycles. The zero-order valence-corrected chi connectivity index (χ0v) is 9.08. The number of thioether (sulfide) groups is 1. The molecule has 0 aliphatic heterocycles. The summed E-state index contributed by atoms with van der Waals surface area (Å²) in [6, 6.07) is 0. The average Bonchev–Trinajstić information content (AvgIpc) is 1.91. The molecule has 0 rings (SSSR count). The summed E-state index contributed by atoms with van der Waals surface area (Å²) < 4.78 is 0. The largest absolute Gasteiger partial charge is 0.236 e. The summed E-state index contributed by atoms with van der Waals surface area (Å²) in [6.07, 6.45) is 0. The van der Waals surface area contributed by atoms with Gasteiger partial charge in [-0.3, -0.25) is 0 Å². The van der Waals surface area contributed by atoms with Crippen LogP contribution in [0.25, 0.3) is 0 Å². The number of thiol groups is 3. The molecule has 0 aromatic rings. The number of rotatable bonds is 5. The summed E-state index contributed by atoms with van der Waals surface area (Å²) in [6.45, 7) is 2.24. The Balaban J connectivity index is 3.09. The molecule has 0 saturated heterocycles. The summed E-state index contributed by atoms with van der Waals surface area (Å²) in [4.78, 5) is 0. The molecule has 4 heteroatoms. The van der Waals surface area contributed by atoms with Crippen molar-refractivity contribution in [2.75, 3.05) is 21.0 Å². The van der Waals surface area contributed by atoms with Crippen molar-refractivity contribution in [1.82, 2.24) is 0 Å². The van der Waals surface area contributed by atoms with Gasteiger partial charge in [-0.1, -0.05) is 6.92 Å². The lowest BCUT2D eigenvalue weighted by Gasteiger charge is -2.14. The highest BCUT2D eigenvalue weighted by molar-refractivity contribution is 8.31. The Hall–Kier alpha value is 1.40. The van der Waals surface area contributed by atoms with Gasteiger partial charge in [-0.05, 0) is 5.75 Å². The Labute approximate surface area is 75.7 Å². The normalized spacial score (nSPS) is 15.7. The number of hydrogen-bond acceptors (Lipinski definition) is 3. The van der Waals surface area contributed by atoms with Crippen molar-refractivity contribution in [3.8, 4) is 0 Å². The standard InChI is InChI=1S/C5H14S4/c1-2-9(4-7)5-8-3-6/h6-7,9H,2-5H2,1H3. The van der Waals surface area contributed by atoms with Crippen LogP contribution in [0.3, 0.4) is 0 Å². The second kappa shape index (κ2) is 7.51. The van der Waals surface area contributed by atoms with E-state index in [1.54, 1.807) is 0 Å². The van der Waals surface area contributed by atoms with Gasteiger partial charge in [0.15, 0.2) is 0 Å². The van der Waals surface area contributed by atoms with Crippen molar-refractivity contribution >= 4 is 47.9 Å². The van der Waals surface area contributed by atoms with Gasteiger partial charge in [0.05, 0.1) is 0 Å². The van der Waals surface area contributed by atoms with Crippen LogP contribution in [0.2, 0.25) is 0 Å². The van der Waals surface area contributed by atoms with Crippen LogP contribution in [0.5, 0.6) is 0 Å². The fraction of sp³-hybridized carbons (Fsp3) is 1.00. The maximum atomic E-state index is 4.26. The Morgan fingerprint density at radius 2 is 2.11 bits per heavy atom. The van der Waals surface area contributed by atoms with Crippen LogP contribution in [-0.2, 0) is 0 Å². The predicted molar refractivity (Wildman–Crippen MR) is 59.7 cm³/mol. The molecule has 0 aromatic heterocycles. The minimum atomic E-state index is 0.216. The second-order valence-corrected chi connectivity index (χ2v) is 7.17. The third kappa shape index (κ3) is 5.83. The Bertz CT molecular complexity index is 52.9. The molecule has 0 aliphatic carbocycles. The molecule has 0 heterocycles. The lowest BCUT2D eigenvalue weighted by Crippen LogP contribution is -1.88. The molecule has 0 radical (unpaired) electrons. The fourth-order valence-electron chi connectivity index (χ4n) is 0.402. The molecule has 1 atom stereocenters. The molecule has 9 heavy (non-hydrogen) atoms. The van der Waals surface area contributed by atoms with E-state index < -0.39 is 0 Å². The Morgan fingerprint density at radius 1 is 1.44 bits per heavy atom. The molecular weight excluding hydrogens is 188 g/mol. The van der Waals surface area contributed by atoms with Crippen molar-refractivity contribution in [1.29, 1.82) is 0 Å². The van der Waals surface area contributed by atoms with Crippen LogP contribution < -0.4 is 0 Å². The van der Waals surface area contributed by atoms with Crippen LogP contribution in [-0.4, -0.2) is 21.0 Å². The summed E-state index contributed by atoms with van der Waals surface area (Å²) in [5.41, 5.74) is 0. The van der Waals surface area contributed by atoms with Gasteiger partial charge in [0, 0.05) is 15.3 Å². The van der Waals surface area contributed by atoms with E-state index in [1.807, 2.05) is 11.8 Å². The summed E-state index contributed by atoms with van der Waals surface area (Å²) in [5, 5.41) is 3.30. The van der Waals surface area contributed by atoms with E-state index in [9.17, 15) is 0 Å². The van der Waals surface area contributed by atoms with E-state index >= 15 is 0 Å². The first kappa shape index (κ1) is 10.4. The van der Waals surface area contributed by atoms with E-state index in [4.69, 9.17) is 0 Å². The van der Waals surface area contributed by atoms with Crippen LogP contribution in [0.15, 0.2) is 0 Å². The molecule has 0 aliphatic rings. The van der Waals surface area contributed by atoms with Gasteiger partial charge in [0.1, 0.15) is 0 Å². The van der Waals surface area contributed by atoms with Gasteiger partial charge in [0.25, 0.3) is 0 Å². The van der Waals surface area contributed by atoms with Crippen molar-refractivity contribution in [2.45, 2.75) is 6.92 Å². The third-order valence-electron chi connectivity index (χ3n) is 1.01. The highest BCUT2D eigenvalue weighted by atomic mass is 32.3. The number of hydrogen-bond donors (Lipinski definition) is 3. The van der Waals surface area contributed by atoms with E-state index in [0.717, 1.165) is 10.2 Å². The lowest BCUT2D eigenvalue weighted by molar-refractivity contribution is 1.51. The highest BCUT2D eigenvalue weighted by Gasteiger charge is 1.95. The van der Waals surface area contributed by atoms with Gasteiger partial charge in [-0.15, -0.1) is 11.8 Å². The van der Waals surface area contributed by atoms with Crippen LogP contribution >= 0.6 is 47.9 Å². The van der Waals surface area contributed by atoms with Gasteiger partial charge in [-0.2, -0.15) is 25.3 Å². The van der Waals surface area contributed by atoms with Crippen LogP contribution in [0, 0.1) is 0 Å². The molecule has 0 N–H and O–H groups in total. The minimum absolute atomic E-state index is 0.216. The van der Waals surface area contributed by atoms with Gasteiger partial charge >= 0.3 is 0 Å². The quantitative estimate of drug-likeness (QED) is 0.455. The lowest BCUT2D eigenvalue weighted by atomic mass is 11.0. The van der Waals surface area contributed by atoms with E-state index in [-0.39, 0.29) is 10.9 Å². The molecule has 58 valence electrons. The fourth-order valence-corrected chi connectivity index (χ4v) is 5.09. The van der Waals surface area contributed by atoms with Gasteiger partial charge in [0.2, 0.25) is 0 Å². The van der Waals surface area contributed by atoms with Crippen molar-refractivity contribution in [3.05, 3.63) is 0 Å². The van der Waals surface area contributed by atoms with Crippen molar-refractivity contribution in [3.63, 3.8) is 0 Å². The first-order valence-electron chi connectivity index (χ1n) is 2.87. The van der Waals surface area contributed by atoms with Crippen LogP contribution in [0.4, 0.5) is 0 Å². The minimum Gasteiger partial charge on any atom is -0.236 e. The SMILES string of the molecule is CC[SH](CS)CSCS. The van der Waals surface area contributed by atoms with Crippen molar-refractivity contribution in [2.24, 2.45) is 0 Å². The maximum Gasteiger partial charge on any atom is 0.0369 e. The zero-order chi connectivity index (χ0) is 7.11. The Kier molecular flexibility index (Phi) is 8.67. The monoisotopic (exact) mass is 202 g/mol. The molecule has 0 fully saturated rings. The van der Waals surface area contributed by atoms with Gasteiger partial charge in [-0.25, -0.2) is 10.9 Å². The molecule has 1 unspecified atom stereocenters.